The molecule has 1 aromatic carbocycles. The molecule has 2 heteroatoms. The van der Waals surface area contributed by atoms with Gasteiger partial charge in [0.2, 0.25) is 0 Å². The van der Waals surface area contributed by atoms with E-state index >= 15 is 0 Å². The molecule has 1 rings (SSSR count). The van der Waals surface area contributed by atoms with Gasteiger partial charge in [-0.25, -0.2) is 0 Å². The molecule has 0 aliphatic heterocycles. The first-order valence-corrected chi connectivity index (χ1v) is 4.98. The van der Waals surface area contributed by atoms with Crippen LogP contribution in [0.25, 0.3) is 0 Å². The van der Waals surface area contributed by atoms with Crippen molar-refractivity contribution in [1.82, 2.24) is 5.32 Å². The molecule has 0 amide bonds. The Labute approximate surface area is 90.9 Å². The number of nitrogens with zero attached hydrogens (tertiary/aromatic N) is 1. The third-order valence-corrected chi connectivity index (χ3v) is 2.22. The summed E-state index contributed by atoms with van der Waals surface area (Å²) in [6.07, 6.45) is 6.25. The maximum Gasteiger partial charge on any atom is 0.0991 e. The summed E-state index contributed by atoms with van der Waals surface area (Å²) in [4.78, 5) is 0. The molecule has 0 aromatic heterocycles. The second-order valence-corrected chi connectivity index (χ2v) is 3.32. The summed E-state index contributed by atoms with van der Waals surface area (Å²) in [6.45, 7) is 2.75. The molecule has 0 bridgehead atoms. The van der Waals surface area contributed by atoms with Crippen LogP contribution in [0.4, 0.5) is 0 Å². The Morgan fingerprint density at radius 2 is 2.33 bits per heavy atom. The fourth-order valence-corrected chi connectivity index (χ4v) is 1.31. The highest BCUT2D eigenvalue weighted by molar-refractivity contribution is 5.32. The number of benzene rings is 1. The van der Waals surface area contributed by atoms with Crippen LogP contribution >= 0.6 is 0 Å². The van der Waals surface area contributed by atoms with E-state index in [1.807, 2.05) is 25.1 Å². The van der Waals surface area contributed by atoms with Gasteiger partial charge in [-0.3, -0.25) is 5.32 Å². The third kappa shape index (κ3) is 3.46. The first kappa shape index (κ1) is 11.3. The average Bonchev–Trinajstić information content (AvgIpc) is 2.31. The Morgan fingerprint density at radius 3 is 2.93 bits per heavy atom. The highest BCUT2D eigenvalue weighted by Gasteiger charge is 2.00. The molecular weight excluding hydrogens is 184 g/mol. The summed E-state index contributed by atoms with van der Waals surface area (Å²) in [7, 11) is 0. The van der Waals surface area contributed by atoms with E-state index in [9.17, 15) is 0 Å². The van der Waals surface area contributed by atoms with Crippen LogP contribution in [0.2, 0.25) is 0 Å². The molecule has 0 saturated carbocycles. The lowest BCUT2D eigenvalue weighted by Crippen LogP contribution is -2.26. The Morgan fingerprint density at radius 1 is 1.53 bits per heavy atom. The minimum absolute atomic E-state index is 0.107. The van der Waals surface area contributed by atoms with Gasteiger partial charge in [0.05, 0.1) is 17.7 Å². The van der Waals surface area contributed by atoms with Crippen molar-refractivity contribution in [3.63, 3.8) is 0 Å². The smallest absolute Gasteiger partial charge is 0.0991 e. The topological polar surface area (TPSA) is 35.8 Å². The summed E-state index contributed by atoms with van der Waals surface area (Å²) < 4.78 is 0. The Kier molecular flexibility index (Phi) is 4.41. The minimum atomic E-state index is 0.107. The molecule has 76 valence electrons. The minimum Gasteiger partial charge on any atom is -0.300 e. The summed E-state index contributed by atoms with van der Waals surface area (Å²) in [5.74, 6) is 2.67. The number of hydrogen-bond acceptors (Lipinski definition) is 2. The van der Waals surface area contributed by atoms with Gasteiger partial charge in [-0.1, -0.05) is 25.0 Å². The van der Waals surface area contributed by atoms with Crippen molar-refractivity contribution in [3.05, 3.63) is 35.4 Å². The van der Waals surface area contributed by atoms with E-state index in [1.54, 1.807) is 6.07 Å². The van der Waals surface area contributed by atoms with Crippen LogP contribution in [0.15, 0.2) is 24.3 Å². The predicted octanol–water partition coefficient (Wildman–Crippen LogP) is 2.06. The molecule has 0 aliphatic rings. The quantitative estimate of drug-likeness (QED) is 0.752. The van der Waals surface area contributed by atoms with Gasteiger partial charge in [0, 0.05) is 6.54 Å². The largest absolute Gasteiger partial charge is 0.300 e. The van der Waals surface area contributed by atoms with Crippen LogP contribution in [0.5, 0.6) is 0 Å². The standard InChI is InChI=1S/C13H14N2/c1-3-13(4-2)15-10-12-7-5-6-11(8-12)9-14/h1,5-8,13,15H,4,10H2,2H3. The molecular formula is C13H14N2. The van der Waals surface area contributed by atoms with E-state index < -0.39 is 0 Å². The van der Waals surface area contributed by atoms with Crippen molar-refractivity contribution in [2.75, 3.05) is 0 Å². The number of nitrogens with one attached hydrogen (secondary N) is 1. The average molecular weight is 198 g/mol. The number of nitriles is 1. The summed E-state index contributed by atoms with van der Waals surface area (Å²) in [6, 6.07) is 9.75. The van der Waals surface area contributed by atoms with Gasteiger partial charge < -0.3 is 0 Å². The van der Waals surface area contributed by atoms with Crippen molar-refractivity contribution in [1.29, 1.82) is 5.26 Å². The fraction of sp³-hybridized carbons (Fsp3) is 0.308. The molecule has 0 heterocycles. The van der Waals surface area contributed by atoms with E-state index in [4.69, 9.17) is 11.7 Å². The van der Waals surface area contributed by atoms with Gasteiger partial charge in [-0.15, -0.1) is 6.42 Å². The van der Waals surface area contributed by atoms with Crippen LogP contribution < -0.4 is 5.32 Å². The van der Waals surface area contributed by atoms with Crippen molar-refractivity contribution in [2.24, 2.45) is 0 Å². The van der Waals surface area contributed by atoms with Crippen LogP contribution in [-0.4, -0.2) is 6.04 Å². The van der Waals surface area contributed by atoms with Gasteiger partial charge in [0.1, 0.15) is 0 Å². The summed E-state index contributed by atoms with van der Waals surface area (Å²) in [5.41, 5.74) is 1.77. The zero-order valence-electron chi connectivity index (χ0n) is 8.83. The Bertz CT molecular complexity index is 396. The van der Waals surface area contributed by atoms with Gasteiger partial charge >= 0.3 is 0 Å². The molecule has 0 saturated heterocycles. The second-order valence-electron chi connectivity index (χ2n) is 3.32. The Balaban J connectivity index is 2.59. The molecule has 1 atom stereocenters. The molecule has 0 radical (unpaired) electrons. The van der Waals surface area contributed by atoms with E-state index in [0.717, 1.165) is 12.0 Å². The van der Waals surface area contributed by atoms with Gasteiger partial charge in [-0.2, -0.15) is 5.26 Å². The highest BCUT2D eigenvalue weighted by atomic mass is 14.9. The highest BCUT2D eigenvalue weighted by Crippen LogP contribution is 2.04. The van der Waals surface area contributed by atoms with E-state index in [1.165, 1.54) is 0 Å². The number of terminal acetylenes is 1. The lowest BCUT2D eigenvalue weighted by molar-refractivity contribution is 0.592. The van der Waals surface area contributed by atoms with Crippen LogP contribution in [0.3, 0.4) is 0 Å². The second kappa shape index (κ2) is 5.86. The molecule has 0 fully saturated rings. The van der Waals surface area contributed by atoms with Crippen molar-refractivity contribution in [2.45, 2.75) is 25.9 Å². The number of hydrogen-bond donors (Lipinski definition) is 1. The summed E-state index contributed by atoms with van der Waals surface area (Å²) >= 11 is 0. The molecule has 1 unspecified atom stereocenters. The Hall–Kier alpha value is -1.77. The van der Waals surface area contributed by atoms with Crippen molar-refractivity contribution < 1.29 is 0 Å². The normalized spacial score (nSPS) is 11.4. The lowest BCUT2D eigenvalue weighted by Gasteiger charge is -2.10. The molecule has 15 heavy (non-hydrogen) atoms. The monoisotopic (exact) mass is 198 g/mol. The van der Waals surface area contributed by atoms with Crippen molar-refractivity contribution >= 4 is 0 Å². The van der Waals surface area contributed by atoms with E-state index in [2.05, 4.69) is 17.3 Å². The first-order valence-electron chi connectivity index (χ1n) is 4.98. The third-order valence-electron chi connectivity index (χ3n) is 2.22. The first-order chi connectivity index (χ1) is 7.30. The van der Waals surface area contributed by atoms with Crippen molar-refractivity contribution in [3.8, 4) is 18.4 Å². The number of rotatable bonds is 4. The van der Waals surface area contributed by atoms with Crippen LogP contribution in [-0.2, 0) is 6.54 Å². The molecule has 0 aliphatic carbocycles. The maximum atomic E-state index is 8.73. The lowest BCUT2D eigenvalue weighted by atomic mass is 10.1. The van der Waals surface area contributed by atoms with Gasteiger partial charge in [-0.05, 0) is 24.1 Å². The molecule has 0 spiro atoms. The predicted molar refractivity (Wildman–Crippen MR) is 60.9 cm³/mol. The maximum absolute atomic E-state index is 8.73. The van der Waals surface area contributed by atoms with Gasteiger partial charge in [0.25, 0.3) is 0 Å². The van der Waals surface area contributed by atoms with E-state index in [0.29, 0.717) is 12.1 Å². The SMILES string of the molecule is C#CC(CC)NCc1cccc(C#N)c1. The zero-order chi connectivity index (χ0) is 11.1. The summed E-state index contributed by atoms with van der Waals surface area (Å²) in [5, 5.41) is 12.0. The molecule has 2 nitrogen and oxygen atoms in total. The molecule has 1 N–H and O–H groups in total. The zero-order valence-corrected chi connectivity index (χ0v) is 8.83. The molecule has 1 aromatic rings. The van der Waals surface area contributed by atoms with Crippen LogP contribution in [0, 0.1) is 23.7 Å². The van der Waals surface area contributed by atoms with E-state index in [-0.39, 0.29) is 6.04 Å². The van der Waals surface area contributed by atoms with Gasteiger partial charge in [0.15, 0.2) is 0 Å². The van der Waals surface area contributed by atoms with Crippen LogP contribution in [0.1, 0.15) is 24.5 Å². The fourth-order valence-electron chi connectivity index (χ4n) is 1.31.